The first-order valence-corrected chi connectivity index (χ1v) is 8.34. The van der Waals surface area contributed by atoms with Gasteiger partial charge in [0.2, 0.25) is 0 Å². The highest BCUT2D eigenvalue weighted by molar-refractivity contribution is 5.83. The first kappa shape index (κ1) is 19.4. The summed E-state index contributed by atoms with van der Waals surface area (Å²) in [7, 11) is 1.57. The molecule has 0 aliphatic carbocycles. The number of methoxy groups -OCH3 is 1. The molecule has 26 heavy (non-hydrogen) atoms. The van der Waals surface area contributed by atoms with Crippen LogP contribution in [0.1, 0.15) is 31.7 Å². The van der Waals surface area contributed by atoms with Crippen LogP contribution in [0.2, 0.25) is 0 Å². The number of anilines is 1. The molecule has 0 atom stereocenters. The van der Waals surface area contributed by atoms with E-state index in [0.717, 1.165) is 31.0 Å². The van der Waals surface area contributed by atoms with Crippen molar-refractivity contribution in [2.75, 3.05) is 19.0 Å². The highest BCUT2D eigenvalue weighted by Crippen LogP contribution is 2.17. The summed E-state index contributed by atoms with van der Waals surface area (Å²) in [5.41, 5.74) is 0.835. The zero-order valence-corrected chi connectivity index (χ0v) is 14.8. The number of nitrogens with one attached hydrogen (secondary N) is 1. The minimum Gasteiger partial charge on any atom is -0.497 e. The Morgan fingerprint density at radius 2 is 2.15 bits per heavy atom. The number of carbonyl (C=O) groups excluding carboxylic acids is 1. The molecule has 0 saturated heterocycles. The van der Waals surface area contributed by atoms with Gasteiger partial charge in [0.15, 0.2) is 11.6 Å². The largest absolute Gasteiger partial charge is 0.497 e. The third-order valence-electron chi connectivity index (χ3n) is 3.43. The van der Waals surface area contributed by atoms with Crippen LogP contribution in [0.3, 0.4) is 0 Å². The predicted molar refractivity (Wildman–Crippen MR) is 93.8 cm³/mol. The second-order valence-corrected chi connectivity index (χ2v) is 5.46. The number of hydrogen-bond acceptors (Lipinski definition) is 6. The molecule has 1 N–H and O–H groups in total. The number of aromatic nitrogens is 2. The molecule has 1 amide bonds. The minimum atomic E-state index is -0.774. The molecule has 2 aromatic rings. The Morgan fingerprint density at radius 3 is 2.92 bits per heavy atom. The van der Waals surface area contributed by atoms with Crippen LogP contribution in [0.5, 0.6) is 11.8 Å². The number of nitrogens with zero attached hydrogens (tertiary/aromatic N) is 2. The molecule has 1 aromatic carbocycles. The van der Waals surface area contributed by atoms with Crippen LogP contribution in [0, 0.1) is 5.82 Å². The molecular formula is C18H22FN3O4. The zero-order chi connectivity index (χ0) is 18.8. The van der Waals surface area contributed by atoms with Gasteiger partial charge in [-0.05, 0) is 24.1 Å². The van der Waals surface area contributed by atoms with Gasteiger partial charge in [-0.25, -0.2) is 14.2 Å². The fourth-order valence-corrected chi connectivity index (χ4v) is 2.07. The maximum absolute atomic E-state index is 13.8. The molecule has 0 aliphatic heterocycles. The molecule has 1 heterocycles. The van der Waals surface area contributed by atoms with Gasteiger partial charge in [0, 0.05) is 0 Å². The number of amides is 1. The van der Waals surface area contributed by atoms with E-state index in [-0.39, 0.29) is 25.0 Å². The van der Waals surface area contributed by atoms with Crippen molar-refractivity contribution in [2.24, 2.45) is 0 Å². The predicted octanol–water partition coefficient (Wildman–Crippen LogP) is 3.94. The standard InChI is InChI=1S/C18H22FN3O4/c1-3-4-5-9-25-18(23)22-16-15(19)11-20-17(21-16)26-12-13-7-6-8-14(10-13)24-2/h6-8,10-11H,3-5,9,12H2,1-2H3,(H,20,21,22,23). The average molecular weight is 363 g/mol. The topological polar surface area (TPSA) is 82.6 Å². The lowest BCUT2D eigenvalue weighted by Crippen LogP contribution is -2.17. The van der Waals surface area contributed by atoms with E-state index in [2.05, 4.69) is 15.3 Å². The number of benzene rings is 1. The minimum absolute atomic E-state index is 0.0597. The van der Waals surface area contributed by atoms with Gasteiger partial charge in [0.05, 0.1) is 19.9 Å². The molecule has 0 bridgehead atoms. The fraction of sp³-hybridized carbons (Fsp3) is 0.389. The van der Waals surface area contributed by atoms with Crippen LogP contribution >= 0.6 is 0 Å². The lowest BCUT2D eigenvalue weighted by atomic mass is 10.2. The van der Waals surface area contributed by atoms with Gasteiger partial charge in [0.25, 0.3) is 0 Å². The highest BCUT2D eigenvalue weighted by atomic mass is 19.1. The van der Waals surface area contributed by atoms with Gasteiger partial charge >= 0.3 is 12.1 Å². The number of hydrogen-bond donors (Lipinski definition) is 1. The lowest BCUT2D eigenvalue weighted by molar-refractivity contribution is 0.159. The van der Waals surface area contributed by atoms with E-state index in [0.29, 0.717) is 5.75 Å². The molecule has 2 rings (SSSR count). The Labute approximate surface area is 151 Å². The van der Waals surface area contributed by atoms with Crippen molar-refractivity contribution < 1.29 is 23.4 Å². The molecular weight excluding hydrogens is 341 g/mol. The summed E-state index contributed by atoms with van der Waals surface area (Å²) in [5, 5.41) is 2.26. The van der Waals surface area contributed by atoms with E-state index in [9.17, 15) is 9.18 Å². The maximum Gasteiger partial charge on any atom is 0.412 e. The van der Waals surface area contributed by atoms with E-state index in [1.165, 1.54) is 0 Å². The van der Waals surface area contributed by atoms with Crippen molar-refractivity contribution in [1.82, 2.24) is 9.97 Å². The summed E-state index contributed by atoms with van der Waals surface area (Å²) in [4.78, 5) is 19.3. The Kier molecular flexibility index (Phi) is 7.60. The quantitative estimate of drug-likeness (QED) is 0.680. The van der Waals surface area contributed by atoms with Crippen molar-refractivity contribution in [2.45, 2.75) is 32.8 Å². The normalized spacial score (nSPS) is 10.3. The van der Waals surface area contributed by atoms with E-state index in [1.54, 1.807) is 13.2 Å². The molecule has 8 heteroatoms. The molecule has 140 valence electrons. The summed E-state index contributed by atoms with van der Waals surface area (Å²) in [6.45, 7) is 2.48. The van der Waals surface area contributed by atoms with Crippen molar-refractivity contribution in [3.63, 3.8) is 0 Å². The number of unbranched alkanes of at least 4 members (excludes halogenated alkanes) is 2. The third-order valence-corrected chi connectivity index (χ3v) is 3.43. The van der Waals surface area contributed by atoms with Gasteiger partial charge in [-0.2, -0.15) is 4.98 Å². The molecule has 1 aromatic heterocycles. The zero-order valence-electron chi connectivity index (χ0n) is 14.8. The summed E-state index contributed by atoms with van der Waals surface area (Å²) in [6.07, 6.45) is 2.89. The molecule has 0 spiro atoms. The Bertz CT molecular complexity index is 727. The van der Waals surface area contributed by atoms with E-state index in [1.807, 2.05) is 25.1 Å². The maximum atomic E-state index is 13.8. The molecule has 0 unspecified atom stereocenters. The first-order valence-electron chi connectivity index (χ1n) is 8.34. The Morgan fingerprint density at radius 1 is 1.31 bits per heavy atom. The molecule has 0 aliphatic rings. The number of rotatable bonds is 9. The monoisotopic (exact) mass is 363 g/mol. The third kappa shape index (κ3) is 6.19. The summed E-state index contributed by atoms with van der Waals surface area (Å²) >= 11 is 0. The van der Waals surface area contributed by atoms with E-state index < -0.39 is 11.9 Å². The Balaban J connectivity index is 1.92. The summed E-state index contributed by atoms with van der Waals surface area (Å²) < 4.78 is 29.3. The van der Waals surface area contributed by atoms with Gasteiger partial charge in [-0.3, -0.25) is 5.32 Å². The van der Waals surface area contributed by atoms with E-state index >= 15 is 0 Å². The van der Waals surface area contributed by atoms with Gasteiger partial charge < -0.3 is 14.2 Å². The van der Waals surface area contributed by atoms with Crippen LogP contribution in [-0.2, 0) is 11.3 Å². The van der Waals surface area contributed by atoms with Crippen LogP contribution in [-0.4, -0.2) is 29.8 Å². The lowest BCUT2D eigenvalue weighted by Gasteiger charge is -2.09. The number of halogens is 1. The fourth-order valence-electron chi connectivity index (χ4n) is 2.07. The number of ether oxygens (including phenoxy) is 3. The van der Waals surface area contributed by atoms with Crippen molar-refractivity contribution in [3.05, 3.63) is 41.8 Å². The van der Waals surface area contributed by atoms with Crippen LogP contribution in [0.4, 0.5) is 15.0 Å². The molecule has 0 saturated carbocycles. The van der Waals surface area contributed by atoms with Crippen LogP contribution in [0.15, 0.2) is 30.5 Å². The first-order chi connectivity index (χ1) is 12.6. The van der Waals surface area contributed by atoms with Crippen LogP contribution in [0.25, 0.3) is 0 Å². The second kappa shape index (κ2) is 10.2. The molecule has 0 radical (unpaired) electrons. The highest BCUT2D eigenvalue weighted by Gasteiger charge is 2.12. The van der Waals surface area contributed by atoms with Crippen molar-refractivity contribution in [1.29, 1.82) is 0 Å². The summed E-state index contributed by atoms with van der Waals surface area (Å²) in [5.74, 6) is -0.371. The smallest absolute Gasteiger partial charge is 0.412 e. The van der Waals surface area contributed by atoms with Crippen molar-refractivity contribution >= 4 is 11.9 Å². The van der Waals surface area contributed by atoms with E-state index in [4.69, 9.17) is 14.2 Å². The van der Waals surface area contributed by atoms with Crippen LogP contribution < -0.4 is 14.8 Å². The molecule has 0 fully saturated rings. The molecule has 7 nitrogen and oxygen atoms in total. The Hall–Kier alpha value is -2.90. The second-order valence-electron chi connectivity index (χ2n) is 5.46. The average Bonchev–Trinajstić information content (AvgIpc) is 2.66. The SMILES string of the molecule is CCCCCOC(=O)Nc1nc(OCc2cccc(OC)c2)ncc1F. The van der Waals surface area contributed by atoms with Gasteiger partial charge in [-0.15, -0.1) is 0 Å². The number of carbonyl (C=O) groups is 1. The van der Waals surface area contributed by atoms with Gasteiger partial charge in [0.1, 0.15) is 12.4 Å². The summed E-state index contributed by atoms with van der Waals surface area (Å²) in [6, 6.07) is 7.22. The van der Waals surface area contributed by atoms with Crippen molar-refractivity contribution in [3.8, 4) is 11.8 Å². The van der Waals surface area contributed by atoms with Gasteiger partial charge in [-0.1, -0.05) is 31.9 Å².